The minimum atomic E-state index is -0.601. The molecule has 0 unspecified atom stereocenters. The highest BCUT2D eigenvalue weighted by Gasteiger charge is 2.08. The molecule has 1 rings (SSSR count). The molecule has 1 aromatic rings. The Labute approximate surface area is 79.1 Å². The van der Waals surface area contributed by atoms with Gasteiger partial charge in [-0.2, -0.15) is 0 Å². The molecule has 4 heteroatoms. The Morgan fingerprint density at radius 1 is 1.50 bits per heavy atom. The quantitative estimate of drug-likeness (QED) is 0.681. The molecule has 0 fully saturated rings. The van der Waals surface area contributed by atoms with E-state index in [1.54, 1.807) is 6.07 Å². The van der Waals surface area contributed by atoms with Gasteiger partial charge in [0, 0.05) is 6.42 Å². The van der Waals surface area contributed by atoms with Crippen molar-refractivity contribution < 1.29 is 9.18 Å². The first-order valence-electron chi connectivity index (χ1n) is 3.22. The second-order valence-corrected chi connectivity index (χ2v) is 3.07. The topological polar surface area (TPSA) is 17.1 Å². The molecule has 64 valence electrons. The predicted octanol–water partition coefficient (Wildman–Crippen LogP) is 2.79. The van der Waals surface area contributed by atoms with Gasteiger partial charge < -0.3 is 0 Å². The smallest absolute Gasteiger partial charge is 0.226 e. The van der Waals surface area contributed by atoms with Gasteiger partial charge in [0.15, 0.2) is 0 Å². The van der Waals surface area contributed by atoms with E-state index in [1.165, 1.54) is 12.1 Å². The fourth-order valence-corrected chi connectivity index (χ4v) is 1.17. The third-order valence-electron chi connectivity index (χ3n) is 1.36. The number of hydrogen-bond donors (Lipinski definition) is 0. The molecule has 0 spiro atoms. The maximum absolute atomic E-state index is 13.0. The van der Waals surface area contributed by atoms with Crippen LogP contribution in [0.1, 0.15) is 5.56 Å². The van der Waals surface area contributed by atoms with Crippen LogP contribution < -0.4 is 0 Å². The normalized spacial score (nSPS) is 9.92. The van der Waals surface area contributed by atoms with Gasteiger partial charge in [0.05, 0.1) is 5.02 Å². The van der Waals surface area contributed by atoms with Gasteiger partial charge in [-0.05, 0) is 23.2 Å². The van der Waals surface area contributed by atoms with Gasteiger partial charge in [-0.1, -0.05) is 23.7 Å². The Bertz CT molecular complexity index is 312. The number of hydrogen-bond acceptors (Lipinski definition) is 1. The maximum atomic E-state index is 13.0. The maximum Gasteiger partial charge on any atom is 0.226 e. The monoisotopic (exact) mass is 206 g/mol. The van der Waals surface area contributed by atoms with E-state index in [2.05, 4.69) is 0 Å². The lowest BCUT2D eigenvalue weighted by molar-refractivity contribution is -0.111. The lowest BCUT2D eigenvalue weighted by atomic mass is 10.1. The summed E-state index contributed by atoms with van der Waals surface area (Å²) in [5.74, 6) is -0.576. The molecule has 0 radical (unpaired) electrons. The lowest BCUT2D eigenvalue weighted by Crippen LogP contribution is -1.97. The zero-order chi connectivity index (χ0) is 9.14. The average molecular weight is 207 g/mol. The molecular formula is C8H5Cl2FO. The second kappa shape index (κ2) is 3.87. The van der Waals surface area contributed by atoms with Crippen LogP contribution in [0.5, 0.6) is 0 Å². The Hall–Kier alpha value is -0.600. The number of carbonyl (C=O) groups excluding carboxylic acids is 1. The first-order chi connectivity index (χ1) is 5.61. The Balaban J connectivity index is 3.00. The van der Waals surface area contributed by atoms with Crippen molar-refractivity contribution in [2.45, 2.75) is 6.42 Å². The summed E-state index contributed by atoms with van der Waals surface area (Å²) in [5.41, 5.74) is 0.225. The molecule has 0 saturated carbocycles. The van der Waals surface area contributed by atoms with Crippen LogP contribution in [0.4, 0.5) is 4.39 Å². The van der Waals surface area contributed by atoms with Crippen LogP contribution in [0.15, 0.2) is 18.2 Å². The summed E-state index contributed by atoms with van der Waals surface area (Å²) in [4.78, 5) is 10.4. The van der Waals surface area contributed by atoms with Gasteiger partial charge in [-0.3, -0.25) is 4.79 Å². The number of rotatable bonds is 2. The summed E-state index contributed by atoms with van der Waals surface area (Å²) in [6.45, 7) is 0. The molecule has 0 atom stereocenters. The molecule has 0 N–H and O–H groups in total. The summed E-state index contributed by atoms with van der Waals surface area (Å²) in [5, 5.41) is -0.596. The van der Waals surface area contributed by atoms with E-state index < -0.39 is 11.1 Å². The molecule has 12 heavy (non-hydrogen) atoms. The van der Waals surface area contributed by atoms with Crippen molar-refractivity contribution in [1.29, 1.82) is 0 Å². The van der Waals surface area contributed by atoms with Crippen LogP contribution >= 0.6 is 23.2 Å². The fourth-order valence-electron chi connectivity index (χ4n) is 0.835. The molecule has 1 aromatic carbocycles. The molecule has 0 aliphatic heterocycles. The molecular weight excluding hydrogens is 202 g/mol. The van der Waals surface area contributed by atoms with E-state index in [4.69, 9.17) is 23.2 Å². The van der Waals surface area contributed by atoms with Crippen molar-refractivity contribution in [3.8, 4) is 0 Å². The SMILES string of the molecule is O=C(Cl)Cc1cccc(Cl)c1F. The molecule has 1 nitrogen and oxygen atoms in total. The number of benzene rings is 1. The van der Waals surface area contributed by atoms with Crippen LogP contribution in [-0.4, -0.2) is 5.24 Å². The van der Waals surface area contributed by atoms with Gasteiger partial charge in [0.25, 0.3) is 0 Å². The zero-order valence-corrected chi connectivity index (χ0v) is 7.49. The summed E-state index contributed by atoms with van der Waals surface area (Å²) in [6.07, 6.45) is -0.131. The molecule has 0 aliphatic carbocycles. The molecule has 0 bridgehead atoms. The average Bonchev–Trinajstić information content (AvgIpc) is 1.98. The summed E-state index contributed by atoms with van der Waals surface area (Å²) in [6, 6.07) is 4.46. The third-order valence-corrected chi connectivity index (χ3v) is 1.79. The minimum Gasteiger partial charge on any atom is -0.281 e. The van der Waals surface area contributed by atoms with Crippen LogP contribution in [0.25, 0.3) is 0 Å². The summed E-state index contributed by atoms with van der Waals surface area (Å²) in [7, 11) is 0. The van der Waals surface area contributed by atoms with Crippen molar-refractivity contribution in [2.75, 3.05) is 0 Å². The van der Waals surface area contributed by atoms with Gasteiger partial charge in [0.1, 0.15) is 5.82 Å². The van der Waals surface area contributed by atoms with Gasteiger partial charge >= 0.3 is 0 Å². The van der Waals surface area contributed by atoms with Crippen molar-refractivity contribution in [3.63, 3.8) is 0 Å². The lowest BCUT2D eigenvalue weighted by Gasteiger charge is -1.99. The van der Waals surface area contributed by atoms with Gasteiger partial charge in [-0.25, -0.2) is 4.39 Å². The minimum absolute atomic E-state index is 0.00502. The highest BCUT2D eigenvalue weighted by molar-refractivity contribution is 6.63. The molecule has 0 saturated heterocycles. The van der Waals surface area contributed by atoms with Crippen LogP contribution in [-0.2, 0) is 11.2 Å². The van der Waals surface area contributed by atoms with E-state index >= 15 is 0 Å². The van der Waals surface area contributed by atoms with E-state index in [-0.39, 0.29) is 17.0 Å². The van der Waals surface area contributed by atoms with Crippen molar-refractivity contribution >= 4 is 28.4 Å². The first kappa shape index (κ1) is 9.49. The summed E-state index contributed by atoms with van der Waals surface area (Å²) < 4.78 is 13.0. The molecule has 0 heterocycles. The Morgan fingerprint density at radius 3 is 2.75 bits per heavy atom. The highest BCUT2D eigenvalue weighted by Crippen LogP contribution is 2.18. The first-order valence-corrected chi connectivity index (χ1v) is 3.98. The Kier molecular flexibility index (Phi) is 3.06. The number of halogens is 3. The molecule has 0 aromatic heterocycles. The van der Waals surface area contributed by atoms with Crippen LogP contribution in [0.3, 0.4) is 0 Å². The predicted molar refractivity (Wildman–Crippen MR) is 46.0 cm³/mol. The van der Waals surface area contributed by atoms with E-state index in [0.29, 0.717) is 0 Å². The van der Waals surface area contributed by atoms with E-state index in [0.717, 1.165) is 0 Å². The third kappa shape index (κ3) is 2.19. The molecule has 0 aliphatic rings. The zero-order valence-electron chi connectivity index (χ0n) is 5.98. The Morgan fingerprint density at radius 2 is 2.17 bits per heavy atom. The van der Waals surface area contributed by atoms with Crippen LogP contribution in [0, 0.1) is 5.82 Å². The van der Waals surface area contributed by atoms with Crippen LogP contribution in [0.2, 0.25) is 5.02 Å². The number of carbonyl (C=O) groups is 1. The van der Waals surface area contributed by atoms with E-state index in [1.807, 2.05) is 0 Å². The van der Waals surface area contributed by atoms with Crippen molar-refractivity contribution in [3.05, 3.63) is 34.6 Å². The van der Waals surface area contributed by atoms with Crippen molar-refractivity contribution in [2.24, 2.45) is 0 Å². The van der Waals surface area contributed by atoms with Gasteiger partial charge in [0.2, 0.25) is 5.24 Å². The largest absolute Gasteiger partial charge is 0.281 e. The molecule has 0 amide bonds. The fraction of sp³-hybridized carbons (Fsp3) is 0.125. The standard InChI is InChI=1S/C8H5Cl2FO/c9-6-3-1-2-5(8(6)11)4-7(10)12/h1-3H,4H2. The van der Waals surface area contributed by atoms with E-state index in [9.17, 15) is 9.18 Å². The highest BCUT2D eigenvalue weighted by atomic mass is 35.5. The van der Waals surface area contributed by atoms with Crippen molar-refractivity contribution in [1.82, 2.24) is 0 Å². The summed E-state index contributed by atoms with van der Waals surface area (Å²) >= 11 is 10.6. The van der Waals surface area contributed by atoms with Gasteiger partial charge in [-0.15, -0.1) is 0 Å². The second-order valence-electron chi connectivity index (χ2n) is 2.24.